The molecular weight excluding hydrogens is 356 g/mol. The zero-order valence-corrected chi connectivity index (χ0v) is 18.0. The van der Waals surface area contributed by atoms with Crippen molar-refractivity contribution in [2.75, 3.05) is 0 Å². The van der Waals surface area contributed by atoms with Crippen LogP contribution in [0.25, 0.3) is 0 Å². The lowest BCUT2D eigenvalue weighted by Gasteiger charge is -2.49. The number of hydrogen-bond acceptors (Lipinski definition) is 2. The number of phenolic OH excluding ortho intramolecular Hbond substituents is 2. The molecule has 29 heavy (non-hydrogen) atoms. The van der Waals surface area contributed by atoms with Gasteiger partial charge in [-0.05, 0) is 91.2 Å². The Labute approximate surface area is 176 Å². The fourth-order valence-corrected chi connectivity index (χ4v) is 6.34. The van der Waals surface area contributed by atoms with Crippen molar-refractivity contribution in [1.82, 2.24) is 0 Å². The van der Waals surface area contributed by atoms with Gasteiger partial charge in [-0.15, -0.1) is 0 Å². The summed E-state index contributed by atoms with van der Waals surface area (Å²) in [6.07, 6.45) is 11.8. The van der Waals surface area contributed by atoms with Gasteiger partial charge in [-0.25, -0.2) is 0 Å². The summed E-state index contributed by atoms with van der Waals surface area (Å²) >= 11 is 0. The van der Waals surface area contributed by atoms with Crippen molar-refractivity contribution < 1.29 is 10.2 Å². The number of benzene rings is 2. The number of rotatable bonds is 4. The van der Waals surface area contributed by atoms with Crippen molar-refractivity contribution in [2.24, 2.45) is 17.3 Å². The molecule has 2 fully saturated rings. The molecule has 2 nitrogen and oxygen atoms in total. The van der Waals surface area contributed by atoms with Gasteiger partial charge in [0.1, 0.15) is 11.5 Å². The highest BCUT2D eigenvalue weighted by atomic mass is 16.3. The van der Waals surface area contributed by atoms with Crippen molar-refractivity contribution in [2.45, 2.75) is 77.0 Å². The van der Waals surface area contributed by atoms with Crippen molar-refractivity contribution in [3.63, 3.8) is 0 Å². The lowest BCUT2D eigenvalue weighted by molar-refractivity contribution is 0.0467. The lowest BCUT2D eigenvalue weighted by Crippen LogP contribution is -2.40. The van der Waals surface area contributed by atoms with E-state index >= 15 is 0 Å². The third-order valence-corrected chi connectivity index (χ3v) is 8.39. The first-order valence-electron chi connectivity index (χ1n) is 11.5. The van der Waals surface area contributed by atoms with E-state index in [2.05, 4.69) is 38.1 Å². The third-order valence-electron chi connectivity index (χ3n) is 8.39. The Morgan fingerprint density at radius 1 is 0.655 bits per heavy atom. The smallest absolute Gasteiger partial charge is 0.115 e. The summed E-state index contributed by atoms with van der Waals surface area (Å²) in [5.41, 5.74) is 2.96. The van der Waals surface area contributed by atoms with E-state index < -0.39 is 0 Å². The first-order valence-corrected chi connectivity index (χ1v) is 11.5. The molecule has 2 aliphatic rings. The summed E-state index contributed by atoms with van der Waals surface area (Å²) in [5.74, 6) is 2.28. The maximum Gasteiger partial charge on any atom is 0.115 e. The van der Waals surface area contributed by atoms with E-state index in [0.29, 0.717) is 16.9 Å². The molecule has 0 aliphatic heterocycles. The average Bonchev–Trinajstić information content (AvgIpc) is 2.75. The Bertz CT molecular complexity index is 742. The van der Waals surface area contributed by atoms with Gasteiger partial charge in [-0.1, -0.05) is 57.4 Å². The maximum absolute atomic E-state index is 9.81. The Balaban J connectivity index is 1.61. The van der Waals surface area contributed by atoms with Crippen LogP contribution in [0.15, 0.2) is 48.5 Å². The van der Waals surface area contributed by atoms with Crippen molar-refractivity contribution in [3.05, 3.63) is 59.7 Å². The van der Waals surface area contributed by atoms with E-state index in [4.69, 9.17) is 0 Å². The van der Waals surface area contributed by atoms with Crippen molar-refractivity contribution in [3.8, 4) is 11.5 Å². The van der Waals surface area contributed by atoms with Crippen LogP contribution in [0.3, 0.4) is 0 Å². The summed E-state index contributed by atoms with van der Waals surface area (Å²) in [6.45, 7) is 5.06. The SMILES string of the molecule is CC(C)(C1CCCCC1)C1CCC(c2ccc(O)cc2)(c2ccc(O)cc2)CC1. The standard InChI is InChI=1S/C27H36O2/c1-26(2,20-6-4-3-5-7-20)21-16-18-27(19-17-21,22-8-12-24(28)13-9-22)23-10-14-25(29)15-11-23/h8-15,20-21,28-29H,3-7,16-19H2,1-2H3. The van der Waals surface area contributed by atoms with Crippen LogP contribution in [0.1, 0.15) is 82.8 Å². The van der Waals surface area contributed by atoms with Crippen LogP contribution in [0.4, 0.5) is 0 Å². The van der Waals surface area contributed by atoms with E-state index in [0.717, 1.165) is 24.7 Å². The molecule has 2 aromatic carbocycles. The first-order chi connectivity index (χ1) is 13.9. The number of phenols is 2. The van der Waals surface area contributed by atoms with Gasteiger partial charge in [0.25, 0.3) is 0 Å². The van der Waals surface area contributed by atoms with E-state index in [-0.39, 0.29) is 5.41 Å². The Morgan fingerprint density at radius 3 is 1.52 bits per heavy atom. The topological polar surface area (TPSA) is 40.5 Å². The van der Waals surface area contributed by atoms with Gasteiger partial charge >= 0.3 is 0 Å². The minimum atomic E-state index is -0.0272. The molecule has 0 bridgehead atoms. The molecule has 2 saturated carbocycles. The zero-order chi connectivity index (χ0) is 20.5. The van der Waals surface area contributed by atoms with Gasteiger partial charge in [0, 0.05) is 5.41 Å². The Morgan fingerprint density at radius 2 is 1.07 bits per heavy atom. The fraction of sp³-hybridized carbons (Fsp3) is 0.556. The number of aromatic hydroxyl groups is 2. The van der Waals surface area contributed by atoms with Gasteiger partial charge in [0.15, 0.2) is 0 Å². The van der Waals surface area contributed by atoms with Crippen LogP contribution in [-0.4, -0.2) is 10.2 Å². The van der Waals surface area contributed by atoms with Gasteiger partial charge in [0.2, 0.25) is 0 Å². The first kappa shape index (κ1) is 20.3. The molecule has 2 N–H and O–H groups in total. The highest BCUT2D eigenvalue weighted by Gasteiger charge is 2.44. The molecular formula is C27H36O2. The van der Waals surface area contributed by atoms with Crippen LogP contribution in [-0.2, 0) is 5.41 Å². The quantitative estimate of drug-likeness (QED) is 0.578. The summed E-state index contributed by atoms with van der Waals surface area (Å²) in [7, 11) is 0. The van der Waals surface area contributed by atoms with Crippen LogP contribution in [0.5, 0.6) is 11.5 Å². The second kappa shape index (κ2) is 8.05. The molecule has 0 heterocycles. The molecule has 2 aliphatic carbocycles. The summed E-state index contributed by atoms with van der Waals surface area (Å²) in [5, 5.41) is 19.6. The van der Waals surface area contributed by atoms with Gasteiger partial charge in [0.05, 0.1) is 0 Å². The Kier molecular flexibility index (Phi) is 5.64. The molecule has 0 aromatic heterocycles. The van der Waals surface area contributed by atoms with E-state index in [1.807, 2.05) is 24.3 Å². The van der Waals surface area contributed by atoms with Crippen molar-refractivity contribution in [1.29, 1.82) is 0 Å². The van der Waals surface area contributed by atoms with Gasteiger partial charge in [-0.2, -0.15) is 0 Å². The molecule has 0 radical (unpaired) electrons. The molecule has 2 heteroatoms. The fourth-order valence-electron chi connectivity index (χ4n) is 6.34. The van der Waals surface area contributed by atoms with Gasteiger partial charge < -0.3 is 10.2 Å². The van der Waals surface area contributed by atoms with Crippen molar-refractivity contribution >= 4 is 0 Å². The van der Waals surface area contributed by atoms with E-state index in [9.17, 15) is 10.2 Å². The minimum absolute atomic E-state index is 0.0272. The van der Waals surface area contributed by atoms with Crippen LogP contribution in [0, 0.1) is 17.3 Å². The normalized spacial score (nSPS) is 21.2. The highest BCUT2D eigenvalue weighted by Crippen LogP contribution is 2.54. The van der Waals surface area contributed by atoms with E-state index in [1.54, 1.807) is 0 Å². The molecule has 0 spiro atoms. The molecule has 4 rings (SSSR count). The van der Waals surface area contributed by atoms with Crippen LogP contribution in [0.2, 0.25) is 0 Å². The molecule has 156 valence electrons. The summed E-state index contributed by atoms with van der Waals surface area (Å²) < 4.78 is 0. The largest absolute Gasteiger partial charge is 0.508 e. The molecule has 0 saturated heterocycles. The lowest BCUT2D eigenvalue weighted by atomic mass is 9.55. The zero-order valence-electron chi connectivity index (χ0n) is 18.0. The second-order valence-corrected chi connectivity index (χ2v) is 10.1. The highest BCUT2D eigenvalue weighted by molar-refractivity contribution is 5.43. The summed E-state index contributed by atoms with van der Waals surface area (Å²) in [6, 6.07) is 15.6. The molecule has 0 unspecified atom stereocenters. The van der Waals surface area contributed by atoms with E-state index in [1.165, 1.54) is 56.1 Å². The van der Waals surface area contributed by atoms with Crippen LogP contribution < -0.4 is 0 Å². The second-order valence-electron chi connectivity index (χ2n) is 10.1. The minimum Gasteiger partial charge on any atom is -0.508 e. The maximum atomic E-state index is 9.81. The summed E-state index contributed by atoms with van der Waals surface area (Å²) in [4.78, 5) is 0. The number of hydrogen-bond donors (Lipinski definition) is 2. The molecule has 2 aromatic rings. The van der Waals surface area contributed by atoms with Gasteiger partial charge in [-0.3, -0.25) is 0 Å². The predicted octanol–water partition coefficient (Wildman–Crippen LogP) is 7.18. The molecule has 0 atom stereocenters. The third kappa shape index (κ3) is 3.91. The average molecular weight is 393 g/mol. The monoisotopic (exact) mass is 392 g/mol. The predicted molar refractivity (Wildman–Crippen MR) is 119 cm³/mol. The Hall–Kier alpha value is -1.96. The van der Waals surface area contributed by atoms with Crippen LogP contribution >= 0.6 is 0 Å². The molecule has 0 amide bonds.